The average Bonchev–Trinajstić information content (AvgIpc) is 2.24. The normalized spacial score (nSPS) is 11.2. The van der Waals surface area contributed by atoms with Gasteiger partial charge >= 0.3 is 0 Å². The van der Waals surface area contributed by atoms with E-state index in [9.17, 15) is 0 Å². The first-order valence-corrected chi connectivity index (χ1v) is 7.16. The van der Waals surface area contributed by atoms with Gasteiger partial charge in [0, 0.05) is 12.4 Å². The Balaban J connectivity index is 3.28. The van der Waals surface area contributed by atoms with Crippen molar-refractivity contribution < 1.29 is 0 Å². The Kier molecular flexibility index (Phi) is 12.5. The molecule has 0 bridgehead atoms. The van der Waals surface area contributed by atoms with Crippen LogP contribution in [0, 0.1) is 0 Å². The number of rotatable bonds is 11. The molecule has 1 nitrogen and oxygen atoms in total. The SMILES string of the molecule is CCCCCCCCN(CCC)CCCl. The molecule has 0 saturated heterocycles. The number of nitrogens with zero attached hydrogens (tertiary/aromatic N) is 1. The van der Waals surface area contributed by atoms with Crippen LogP contribution in [0.2, 0.25) is 0 Å². The van der Waals surface area contributed by atoms with E-state index in [0.717, 1.165) is 12.4 Å². The molecule has 0 fully saturated rings. The standard InChI is InChI=1S/C13H28ClN/c1-3-5-6-7-8-9-12-15(11-4-2)13-10-14/h3-13H2,1-2H3. The summed E-state index contributed by atoms with van der Waals surface area (Å²) in [5, 5.41) is 0. The maximum absolute atomic E-state index is 5.77. The molecule has 0 aromatic carbocycles. The van der Waals surface area contributed by atoms with Crippen molar-refractivity contribution >= 4 is 11.6 Å². The van der Waals surface area contributed by atoms with E-state index < -0.39 is 0 Å². The van der Waals surface area contributed by atoms with Crippen molar-refractivity contribution in [1.29, 1.82) is 0 Å². The quantitative estimate of drug-likeness (QED) is 0.380. The maximum Gasteiger partial charge on any atom is 0.0351 e. The molecule has 0 N–H and O–H groups in total. The molecule has 92 valence electrons. The Morgan fingerprint density at radius 3 is 2.00 bits per heavy atom. The Bertz CT molecular complexity index is 111. The molecular formula is C13H28ClN. The van der Waals surface area contributed by atoms with E-state index in [2.05, 4.69) is 18.7 Å². The third-order valence-electron chi connectivity index (χ3n) is 2.77. The van der Waals surface area contributed by atoms with Gasteiger partial charge in [0.1, 0.15) is 0 Å². The first kappa shape index (κ1) is 15.2. The summed E-state index contributed by atoms with van der Waals surface area (Å²) in [6.07, 6.45) is 9.55. The molecule has 0 aliphatic carbocycles. The highest BCUT2D eigenvalue weighted by Gasteiger charge is 2.01. The van der Waals surface area contributed by atoms with E-state index in [0.29, 0.717) is 0 Å². The fraction of sp³-hybridized carbons (Fsp3) is 1.00. The first-order valence-electron chi connectivity index (χ1n) is 6.63. The lowest BCUT2D eigenvalue weighted by Crippen LogP contribution is -2.27. The highest BCUT2D eigenvalue weighted by Crippen LogP contribution is 2.06. The molecule has 15 heavy (non-hydrogen) atoms. The van der Waals surface area contributed by atoms with Gasteiger partial charge in [0.25, 0.3) is 0 Å². The highest BCUT2D eigenvalue weighted by atomic mass is 35.5. The molecule has 0 unspecified atom stereocenters. The number of hydrogen-bond donors (Lipinski definition) is 0. The van der Waals surface area contributed by atoms with Crippen LogP contribution < -0.4 is 0 Å². The number of unbranched alkanes of at least 4 members (excludes halogenated alkanes) is 5. The molecule has 0 radical (unpaired) electrons. The van der Waals surface area contributed by atoms with Gasteiger partial charge in [-0.15, -0.1) is 11.6 Å². The summed E-state index contributed by atoms with van der Waals surface area (Å²) in [7, 11) is 0. The molecule has 2 heteroatoms. The third-order valence-corrected chi connectivity index (χ3v) is 2.94. The topological polar surface area (TPSA) is 3.24 Å². The molecule has 0 spiro atoms. The summed E-state index contributed by atoms with van der Waals surface area (Å²) in [6.45, 7) is 8.02. The summed E-state index contributed by atoms with van der Waals surface area (Å²) in [5.41, 5.74) is 0. The first-order chi connectivity index (χ1) is 7.35. The molecule has 0 amide bonds. The van der Waals surface area contributed by atoms with E-state index in [1.54, 1.807) is 0 Å². The van der Waals surface area contributed by atoms with Crippen molar-refractivity contribution in [3.05, 3.63) is 0 Å². The van der Waals surface area contributed by atoms with Crippen LogP contribution >= 0.6 is 11.6 Å². The van der Waals surface area contributed by atoms with Crippen LogP contribution in [-0.4, -0.2) is 30.4 Å². The molecule has 0 heterocycles. The summed E-state index contributed by atoms with van der Waals surface area (Å²) in [5.74, 6) is 0.774. The number of hydrogen-bond acceptors (Lipinski definition) is 1. The highest BCUT2D eigenvalue weighted by molar-refractivity contribution is 6.18. The van der Waals surface area contributed by atoms with Gasteiger partial charge in [-0.05, 0) is 25.9 Å². The smallest absolute Gasteiger partial charge is 0.0351 e. The summed E-state index contributed by atoms with van der Waals surface area (Å²) in [4.78, 5) is 2.49. The van der Waals surface area contributed by atoms with Crippen LogP contribution in [0.5, 0.6) is 0 Å². The minimum atomic E-state index is 0.774. The molecular weight excluding hydrogens is 206 g/mol. The van der Waals surface area contributed by atoms with Crippen LogP contribution in [0.25, 0.3) is 0 Å². The zero-order chi connectivity index (χ0) is 11.4. The van der Waals surface area contributed by atoms with E-state index >= 15 is 0 Å². The van der Waals surface area contributed by atoms with Crippen molar-refractivity contribution in [2.75, 3.05) is 25.5 Å². The zero-order valence-electron chi connectivity index (χ0n) is 10.6. The Labute approximate surface area is 101 Å². The molecule has 0 aromatic heterocycles. The van der Waals surface area contributed by atoms with Gasteiger partial charge in [-0.1, -0.05) is 46.0 Å². The molecule has 0 aliphatic rings. The Morgan fingerprint density at radius 2 is 1.40 bits per heavy atom. The second kappa shape index (κ2) is 12.3. The van der Waals surface area contributed by atoms with E-state index in [-0.39, 0.29) is 0 Å². The largest absolute Gasteiger partial charge is 0.302 e. The van der Waals surface area contributed by atoms with Gasteiger partial charge in [-0.2, -0.15) is 0 Å². The van der Waals surface area contributed by atoms with Gasteiger partial charge in [0.05, 0.1) is 0 Å². The number of halogens is 1. The van der Waals surface area contributed by atoms with Crippen molar-refractivity contribution in [3.8, 4) is 0 Å². The predicted octanol–water partition coefficient (Wildman–Crippen LogP) is 4.30. The maximum atomic E-state index is 5.77. The van der Waals surface area contributed by atoms with Crippen LogP contribution in [0.15, 0.2) is 0 Å². The van der Waals surface area contributed by atoms with Crippen molar-refractivity contribution in [2.24, 2.45) is 0 Å². The van der Waals surface area contributed by atoms with Gasteiger partial charge in [0.2, 0.25) is 0 Å². The summed E-state index contributed by atoms with van der Waals surface area (Å²) in [6, 6.07) is 0. The van der Waals surface area contributed by atoms with Gasteiger partial charge in [0.15, 0.2) is 0 Å². The fourth-order valence-corrected chi connectivity index (χ4v) is 2.13. The lowest BCUT2D eigenvalue weighted by molar-refractivity contribution is 0.282. The molecule has 0 saturated carbocycles. The molecule has 0 rings (SSSR count). The fourth-order valence-electron chi connectivity index (χ4n) is 1.89. The molecule has 0 aromatic rings. The average molecular weight is 234 g/mol. The lowest BCUT2D eigenvalue weighted by Gasteiger charge is -2.20. The van der Waals surface area contributed by atoms with Crippen molar-refractivity contribution in [1.82, 2.24) is 4.90 Å². The van der Waals surface area contributed by atoms with Crippen LogP contribution in [0.1, 0.15) is 58.8 Å². The van der Waals surface area contributed by atoms with Crippen LogP contribution in [-0.2, 0) is 0 Å². The third kappa shape index (κ3) is 10.5. The minimum absolute atomic E-state index is 0.774. The van der Waals surface area contributed by atoms with Crippen LogP contribution in [0.3, 0.4) is 0 Å². The van der Waals surface area contributed by atoms with Crippen LogP contribution in [0.4, 0.5) is 0 Å². The second-order valence-electron chi connectivity index (χ2n) is 4.30. The number of alkyl halides is 1. The summed E-state index contributed by atoms with van der Waals surface area (Å²) < 4.78 is 0. The van der Waals surface area contributed by atoms with E-state index in [4.69, 9.17) is 11.6 Å². The lowest BCUT2D eigenvalue weighted by atomic mass is 10.1. The van der Waals surface area contributed by atoms with Gasteiger partial charge in [-0.25, -0.2) is 0 Å². The molecule has 0 atom stereocenters. The van der Waals surface area contributed by atoms with Crippen molar-refractivity contribution in [2.45, 2.75) is 58.8 Å². The van der Waals surface area contributed by atoms with E-state index in [1.165, 1.54) is 58.0 Å². The molecule has 0 aliphatic heterocycles. The van der Waals surface area contributed by atoms with E-state index in [1.807, 2.05) is 0 Å². The summed E-state index contributed by atoms with van der Waals surface area (Å²) >= 11 is 5.77. The minimum Gasteiger partial charge on any atom is -0.302 e. The van der Waals surface area contributed by atoms with Gasteiger partial charge < -0.3 is 4.90 Å². The Hall–Kier alpha value is 0.250. The Morgan fingerprint density at radius 1 is 0.733 bits per heavy atom. The second-order valence-corrected chi connectivity index (χ2v) is 4.68. The van der Waals surface area contributed by atoms with Gasteiger partial charge in [-0.3, -0.25) is 0 Å². The zero-order valence-corrected chi connectivity index (χ0v) is 11.4. The predicted molar refractivity (Wildman–Crippen MR) is 70.8 cm³/mol. The monoisotopic (exact) mass is 233 g/mol. The van der Waals surface area contributed by atoms with Crippen molar-refractivity contribution in [3.63, 3.8) is 0 Å².